The van der Waals surface area contributed by atoms with Gasteiger partial charge in [0.15, 0.2) is 0 Å². The minimum Gasteiger partial charge on any atom is -0.269 e. The predicted molar refractivity (Wildman–Crippen MR) is 52.5 cm³/mol. The van der Waals surface area contributed by atoms with Gasteiger partial charge >= 0.3 is 0 Å². The van der Waals surface area contributed by atoms with E-state index < -0.39 is 0 Å². The third kappa shape index (κ3) is 1.54. The molecule has 0 saturated heterocycles. The third-order valence-corrected chi connectivity index (χ3v) is 1.93. The highest BCUT2D eigenvalue weighted by molar-refractivity contribution is 5.44. The SMILES string of the molecule is CN(c1ccccc1)n1cccn1. The van der Waals surface area contributed by atoms with Gasteiger partial charge in [-0.15, -0.1) is 0 Å². The standard InChI is InChI=1S/C10H11N3/c1-12(13-9-5-8-11-13)10-6-3-2-4-7-10/h2-9H,1H3. The monoisotopic (exact) mass is 173 g/mol. The molecule has 0 fully saturated rings. The summed E-state index contributed by atoms with van der Waals surface area (Å²) >= 11 is 0. The number of hydrogen-bond acceptors (Lipinski definition) is 2. The van der Waals surface area contributed by atoms with Crippen LogP contribution in [-0.2, 0) is 0 Å². The van der Waals surface area contributed by atoms with Crippen LogP contribution in [0.2, 0.25) is 0 Å². The van der Waals surface area contributed by atoms with Crippen LogP contribution < -0.4 is 5.01 Å². The van der Waals surface area contributed by atoms with E-state index >= 15 is 0 Å². The van der Waals surface area contributed by atoms with Gasteiger partial charge in [0, 0.05) is 13.2 Å². The van der Waals surface area contributed by atoms with Crippen LogP contribution in [0.5, 0.6) is 0 Å². The van der Waals surface area contributed by atoms with Crippen LogP contribution in [0, 0.1) is 0 Å². The number of rotatable bonds is 2. The highest BCUT2D eigenvalue weighted by atomic mass is 15.6. The quantitative estimate of drug-likeness (QED) is 0.690. The molecule has 1 aromatic heterocycles. The first-order valence-corrected chi connectivity index (χ1v) is 4.16. The molecule has 0 saturated carbocycles. The highest BCUT2D eigenvalue weighted by Crippen LogP contribution is 2.10. The van der Waals surface area contributed by atoms with Crippen LogP contribution in [0.25, 0.3) is 0 Å². The molecular weight excluding hydrogens is 162 g/mol. The van der Waals surface area contributed by atoms with Crippen LogP contribution in [0.3, 0.4) is 0 Å². The van der Waals surface area contributed by atoms with E-state index in [1.807, 2.05) is 54.7 Å². The second-order valence-corrected chi connectivity index (χ2v) is 2.79. The normalized spacial score (nSPS) is 9.92. The Morgan fingerprint density at radius 1 is 1.15 bits per heavy atom. The maximum atomic E-state index is 4.14. The van der Waals surface area contributed by atoms with Gasteiger partial charge in [0.05, 0.1) is 11.9 Å². The zero-order valence-electron chi connectivity index (χ0n) is 7.46. The molecule has 13 heavy (non-hydrogen) atoms. The zero-order chi connectivity index (χ0) is 9.10. The first-order chi connectivity index (χ1) is 6.38. The highest BCUT2D eigenvalue weighted by Gasteiger charge is 1.99. The van der Waals surface area contributed by atoms with E-state index in [0.717, 1.165) is 5.69 Å². The molecule has 0 spiro atoms. The van der Waals surface area contributed by atoms with Gasteiger partial charge in [-0.1, -0.05) is 18.2 Å². The van der Waals surface area contributed by atoms with Crippen LogP contribution in [0.15, 0.2) is 48.8 Å². The van der Waals surface area contributed by atoms with Gasteiger partial charge in [0.1, 0.15) is 0 Å². The fraction of sp³-hybridized carbons (Fsp3) is 0.100. The minimum atomic E-state index is 1.12. The summed E-state index contributed by atoms with van der Waals surface area (Å²) in [5, 5.41) is 6.11. The summed E-state index contributed by atoms with van der Waals surface area (Å²) in [6, 6.07) is 12.0. The number of benzene rings is 1. The molecule has 2 rings (SSSR count). The lowest BCUT2D eigenvalue weighted by molar-refractivity contribution is 0.671. The maximum Gasteiger partial charge on any atom is 0.0590 e. The van der Waals surface area contributed by atoms with E-state index in [9.17, 15) is 0 Å². The molecule has 0 unspecified atom stereocenters. The lowest BCUT2D eigenvalue weighted by atomic mass is 10.3. The van der Waals surface area contributed by atoms with Crippen LogP contribution in [0.1, 0.15) is 0 Å². The smallest absolute Gasteiger partial charge is 0.0590 e. The largest absolute Gasteiger partial charge is 0.269 e. The van der Waals surface area contributed by atoms with Crippen molar-refractivity contribution in [3.63, 3.8) is 0 Å². The predicted octanol–water partition coefficient (Wildman–Crippen LogP) is 1.78. The molecule has 2 aromatic rings. The molecule has 0 radical (unpaired) electrons. The molecule has 66 valence electrons. The van der Waals surface area contributed by atoms with Crippen molar-refractivity contribution in [2.45, 2.75) is 0 Å². The van der Waals surface area contributed by atoms with E-state index in [2.05, 4.69) is 5.10 Å². The summed E-state index contributed by atoms with van der Waals surface area (Å²) in [5.41, 5.74) is 1.12. The van der Waals surface area contributed by atoms with Gasteiger partial charge in [-0.3, -0.25) is 5.01 Å². The van der Waals surface area contributed by atoms with Crippen molar-refractivity contribution >= 4 is 5.69 Å². The van der Waals surface area contributed by atoms with E-state index in [1.54, 1.807) is 11.0 Å². The van der Waals surface area contributed by atoms with Gasteiger partial charge in [0.25, 0.3) is 0 Å². The Kier molecular flexibility index (Phi) is 2.00. The summed E-state index contributed by atoms with van der Waals surface area (Å²) in [6.45, 7) is 0. The lowest BCUT2D eigenvalue weighted by Crippen LogP contribution is -2.24. The van der Waals surface area contributed by atoms with Crippen LogP contribution in [-0.4, -0.2) is 16.9 Å². The number of hydrogen-bond donors (Lipinski definition) is 0. The average Bonchev–Trinajstić information content (AvgIpc) is 2.71. The second-order valence-electron chi connectivity index (χ2n) is 2.79. The minimum absolute atomic E-state index is 1.12. The summed E-state index contributed by atoms with van der Waals surface area (Å²) in [5.74, 6) is 0. The number of nitrogens with zero attached hydrogens (tertiary/aromatic N) is 3. The molecule has 0 bridgehead atoms. The van der Waals surface area contributed by atoms with E-state index in [1.165, 1.54) is 0 Å². The fourth-order valence-corrected chi connectivity index (χ4v) is 1.20. The third-order valence-electron chi connectivity index (χ3n) is 1.93. The maximum absolute atomic E-state index is 4.14. The lowest BCUT2D eigenvalue weighted by Gasteiger charge is -2.18. The Balaban J connectivity index is 2.29. The van der Waals surface area contributed by atoms with Crippen LogP contribution in [0.4, 0.5) is 5.69 Å². The van der Waals surface area contributed by atoms with Crippen molar-refractivity contribution in [1.29, 1.82) is 0 Å². The van der Waals surface area contributed by atoms with E-state index in [0.29, 0.717) is 0 Å². The summed E-state index contributed by atoms with van der Waals surface area (Å²) in [7, 11) is 1.97. The van der Waals surface area contributed by atoms with Crippen molar-refractivity contribution < 1.29 is 0 Å². The van der Waals surface area contributed by atoms with Gasteiger partial charge in [-0.2, -0.15) is 9.89 Å². The molecule has 0 atom stereocenters. The van der Waals surface area contributed by atoms with Crippen molar-refractivity contribution in [1.82, 2.24) is 9.89 Å². The fourth-order valence-electron chi connectivity index (χ4n) is 1.20. The van der Waals surface area contributed by atoms with Crippen molar-refractivity contribution in [2.75, 3.05) is 12.1 Å². The molecule has 1 heterocycles. The number of para-hydroxylation sites is 1. The van der Waals surface area contributed by atoms with Gasteiger partial charge in [0.2, 0.25) is 0 Å². The molecule has 0 amide bonds. The number of aromatic nitrogens is 2. The van der Waals surface area contributed by atoms with Gasteiger partial charge in [-0.25, -0.2) is 0 Å². The summed E-state index contributed by atoms with van der Waals surface area (Å²) < 4.78 is 0. The Hall–Kier alpha value is -1.77. The van der Waals surface area contributed by atoms with E-state index in [-0.39, 0.29) is 0 Å². The topological polar surface area (TPSA) is 21.1 Å². The summed E-state index contributed by atoms with van der Waals surface area (Å²) in [6.07, 6.45) is 3.67. The van der Waals surface area contributed by atoms with Crippen LogP contribution >= 0.6 is 0 Å². The molecule has 0 aliphatic carbocycles. The molecule has 0 aliphatic rings. The first kappa shape index (κ1) is 7.86. The van der Waals surface area contributed by atoms with Crippen molar-refractivity contribution in [3.05, 3.63) is 48.8 Å². The zero-order valence-corrected chi connectivity index (χ0v) is 7.46. The number of anilines is 1. The van der Waals surface area contributed by atoms with Crippen molar-refractivity contribution in [2.24, 2.45) is 0 Å². The Bertz CT molecular complexity index is 353. The van der Waals surface area contributed by atoms with Gasteiger partial charge < -0.3 is 0 Å². The Labute approximate surface area is 77.2 Å². The van der Waals surface area contributed by atoms with Gasteiger partial charge in [-0.05, 0) is 18.2 Å². The molecule has 0 N–H and O–H groups in total. The van der Waals surface area contributed by atoms with E-state index in [4.69, 9.17) is 0 Å². The molecule has 1 aromatic carbocycles. The molecule has 3 heteroatoms. The first-order valence-electron chi connectivity index (χ1n) is 4.16. The Morgan fingerprint density at radius 3 is 2.54 bits per heavy atom. The van der Waals surface area contributed by atoms with Crippen molar-refractivity contribution in [3.8, 4) is 0 Å². The molecule has 0 aliphatic heterocycles. The average molecular weight is 173 g/mol. The Morgan fingerprint density at radius 2 is 1.92 bits per heavy atom. The molecular formula is C10H11N3. The summed E-state index contributed by atoms with van der Waals surface area (Å²) in [4.78, 5) is 1.79. The molecule has 3 nitrogen and oxygen atoms in total. The second kappa shape index (κ2) is 3.31.